The van der Waals surface area contributed by atoms with Crippen LogP contribution in [-0.4, -0.2) is 16.0 Å². The summed E-state index contributed by atoms with van der Waals surface area (Å²) in [5.74, 6) is -0.612. The second-order valence-corrected chi connectivity index (χ2v) is 4.58. The number of ether oxygens (including phenoxy) is 1. The highest BCUT2D eigenvalue weighted by atomic mass is 35.5. The normalized spacial score (nSPS) is 10.1. The zero-order valence-corrected chi connectivity index (χ0v) is 11.4. The Morgan fingerprint density at radius 1 is 1.24 bits per heavy atom. The third-order valence-electron chi connectivity index (χ3n) is 2.74. The van der Waals surface area contributed by atoms with E-state index in [2.05, 4.69) is 0 Å². The maximum absolute atomic E-state index is 10.9. The van der Waals surface area contributed by atoms with Gasteiger partial charge in [0, 0.05) is 11.1 Å². The molecular weight excluding hydrogens is 298 g/mol. The smallest absolute Gasteiger partial charge is 0.335 e. The highest BCUT2D eigenvalue weighted by Crippen LogP contribution is 2.24. The Morgan fingerprint density at radius 3 is 2.48 bits per heavy atom. The summed E-state index contributed by atoms with van der Waals surface area (Å²) < 4.78 is 5.42. The van der Waals surface area contributed by atoms with Crippen LogP contribution in [0.15, 0.2) is 42.5 Å². The van der Waals surface area contributed by atoms with E-state index in [4.69, 9.17) is 21.4 Å². The van der Waals surface area contributed by atoms with Gasteiger partial charge in [-0.25, -0.2) is 4.79 Å². The Kier molecular flexibility index (Phi) is 4.39. The molecule has 1 N–H and O–H groups in total. The van der Waals surface area contributed by atoms with Crippen LogP contribution in [0.25, 0.3) is 0 Å². The molecule has 0 amide bonds. The van der Waals surface area contributed by atoms with Gasteiger partial charge in [0.1, 0.15) is 12.4 Å². The summed E-state index contributed by atoms with van der Waals surface area (Å²) in [7, 11) is 0. The van der Waals surface area contributed by atoms with Crippen LogP contribution in [0.2, 0.25) is 5.02 Å². The molecule has 0 heterocycles. The van der Waals surface area contributed by atoms with E-state index in [0.29, 0.717) is 11.3 Å². The molecule has 0 radical (unpaired) electrons. The molecule has 2 rings (SSSR count). The van der Waals surface area contributed by atoms with Crippen LogP contribution in [0, 0.1) is 10.1 Å². The number of halogens is 1. The monoisotopic (exact) mass is 307 g/mol. The van der Waals surface area contributed by atoms with Crippen LogP contribution in [-0.2, 0) is 6.61 Å². The largest absolute Gasteiger partial charge is 0.489 e. The Balaban J connectivity index is 2.13. The van der Waals surface area contributed by atoms with Gasteiger partial charge in [0.05, 0.1) is 16.1 Å². The molecule has 2 aromatic carbocycles. The van der Waals surface area contributed by atoms with E-state index in [1.807, 2.05) is 0 Å². The standard InChI is InChI=1S/C14H10ClNO5/c15-11-4-1-10(13(7-11)16(19)20)8-21-12-5-2-9(3-6-12)14(17)18/h1-7H,8H2,(H,17,18). The van der Waals surface area contributed by atoms with Crippen molar-refractivity contribution >= 4 is 23.3 Å². The summed E-state index contributed by atoms with van der Waals surface area (Å²) in [6.07, 6.45) is 0. The first-order valence-corrected chi connectivity index (χ1v) is 6.24. The van der Waals surface area contributed by atoms with Crippen LogP contribution in [0.1, 0.15) is 15.9 Å². The summed E-state index contributed by atoms with van der Waals surface area (Å²) in [5.41, 5.74) is 0.399. The molecule has 0 fully saturated rings. The van der Waals surface area contributed by atoms with Gasteiger partial charge < -0.3 is 9.84 Å². The number of carbonyl (C=O) groups is 1. The van der Waals surface area contributed by atoms with Crippen molar-refractivity contribution in [1.82, 2.24) is 0 Å². The summed E-state index contributed by atoms with van der Waals surface area (Å²) in [6, 6.07) is 10.1. The average molecular weight is 308 g/mol. The van der Waals surface area contributed by atoms with Crippen LogP contribution >= 0.6 is 11.6 Å². The van der Waals surface area contributed by atoms with Crippen molar-refractivity contribution in [2.75, 3.05) is 0 Å². The van der Waals surface area contributed by atoms with Gasteiger partial charge >= 0.3 is 5.97 Å². The molecule has 7 heteroatoms. The van der Waals surface area contributed by atoms with E-state index in [0.717, 1.165) is 0 Å². The van der Waals surface area contributed by atoms with Crippen molar-refractivity contribution in [2.24, 2.45) is 0 Å². The van der Waals surface area contributed by atoms with Crippen LogP contribution < -0.4 is 4.74 Å². The second-order valence-electron chi connectivity index (χ2n) is 4.15. The predicted molar refractivity (Wildman–Crippen MR) is 75.8 cm³/mol. The number of hydrogen-bond donors (Lipinski definition) is 1. The zero-order valence-electron chi connectivity index (χ0n) is 10.7. The lowest BCUT2D eigenvalue weighted by Crippen LogP contribution is -2.01. The van der Waals surface area contributed by atoms with Gasteiger partial charge in [-0.2, -0.15) is 0 Å². The van der Waals surface area contributed by atoms with E-state index in [1.54, 1.807) is 6.07 Å². The van der Waals surface area contributed by atoms with Crippen molar-refractivity contribution in [2.45, 2.75) is 6.61 Å². The summed E-state index contributed by atoms with van der Waals surface area (Å²) in [5, 5.41) is 20.0. The van der Waals surface area contributed by atoms with Crippen LogP contribution in [0.4, 0.5) is 5.69 Å². The number of rotatable bonds is 5. The molecule has 0 bridgehead atoms. The zero-order chi connectivity index (χ0) is 15.4. The molecular formula is C14H10ClNO5. The minimum absolute atomic E-state index is 0.0140. The second kappa shape index (κ2) is 6.23. The van der Waals surface area contributed by atoms with Gasteiger partial charge in [-0.05, 0) is 36.4 Å². The summed E-state index contributed by atoms with van der Waals surface area (Å²) in [4.78, 5) is 21.1. The average Bonchev–Trinajstić information content (AvgIpc) is 2.46. The molecule has 0 saturated carbocycles. The number of carboxylic acids is 1. The number of aromatic carboxylic acids is 1. The molecule has 21 heavy (non-hydrogen) atoms. The first-order chi connectivity index (χ1) is 9.97. The summed E-state index contributed by atoms with van der Waals surface area (Å²) in [6.45, 7) is -0.0140. The maximum Gasteiger partial charge on any atom is 0.335 e. The van der Waals surface area contributed by atoms with Crippen LogP contribution in [0.3, 0.4) is 0 Å². The molecule has 0 aliphatic carbocycles. The van der Waals surface area contributed by atoms with E-state index >= 15 is 0 Å². The van der Waals surface area contributed by atoms with Crippen molar-refractivity contribution in [1.29, 1.82) is 0 Å². The third-order valence-corrected chi connectivity index (χ3v) is 2.97. The van der Waals surface area contributed by atoms with Gasteiger partial charge in [-0.15, -0.1) is 0 Å². The maximum atomic E-state index is 10.9. The lowest BCUT2D eigenvalue weighted by Gasteiger charge is -2.07. The number of nitrogens with zero attached hydrogens (tertiary/aromatic N) is 1. The van der Waals surface area contributed by atoms with Gasteiger partial charge in [-0.3, -0.25) is 10.1 Å². The quantitative estimate of drug-likeness (QED) is 0.674. The third kappa shape index (κ3) is 3.70. The fraction of sp³-hybridized carbons (Fsp3) is 0.0714. The summed E-state index contributed by atoms with van der Waals surface area (Å²) >= 11 is 5.72. The minimum Gasteiger partial charge on any atom is -0.489 e. The first-order valence-electron chi connectivity index (χ1n) is 5.86. The van der Waals surface area contributed by atoms with Crippen molar-refractivity contribution in [3.63, 3.8) is 0 Å². The van der Waals surface area contributed by atoms with E-state index in [9.17, 15) is 14.9 Å². The van der Waals surface area contributed by atoms with Gasteiger partial charge in [0.15, 0.2) is 0 Å². The number of nitro benzene ring substituents is 1. The lowest BCUT2D eigenvalue weighted by atomic mass is 10.2. The van der Waals surface area contributed by atoms with E-state index in [-0.39, 0.29) is 22.9 Å². The molecule has 0 aromatic heterocycles. The molecule has 108 valence electrons. The molecule has 2 aromatic rings. The molecule has 0 unspecified atom stereocenters. The lowest BCUT2D eigenvalue weighted by molar-refractivity contribution is -0.385. The SMILES string of the molecule is O=C(O)c1ccc(OCc2ccc(Cl)cc2[N+](=O)[O-])cc1. The number of hydrogen-bond acceptors (Lipinski definition) is 4. The van der Waals surface area contributed by atoms with Crippen molar-refractivity contribution in [3.8, 4) is 5.75 Å². The van der Waals surface area contributed by atoms with Gasteiger partial charge in [0.2, 0.25) is 0 Å². The van der Waals surface area contributed by atoms with Crippen molar-refractivity contribution < 1.29 is 19.6 Å². The first kappa shape index (κ1) is 14.8. The number of carboxylic acid groups (broad SMARTS) is 1. The molecule has 6 nitrogen and oxygen atoms in total. The Morgan fingerprint density at radius 2 is 1.90 bits per heavy atom. The predicted octanol–water partition coefficient (Wildman–Crippen LogP) is 3.53. The highest BCUT2D eigenvalue weighted by molar-refractivity contribution is 6.30. The highest BCUT2D eigenvalue weighted by Gasteiger charge is 2.14. The topological polar surface area (TPSA) is 89.7 Å². The molecule has 0 saturated heterocycles. The molecule has 0 spiro atoms. The fourth-order valence-electron chi connectivity index (χ4n) is 1.68. The van der Waals surface area contributed by atoms with Gasteiger partial charge in [-0.1, -0.05) is 11.6 Å². The van der Waals surface area contributed by atoms with Crippen LogP contribution in [0.5, 0.6) is 5.75 Å². The molecule has 0 aliphatic rings. The number of benzene rings is 2. The minimum atomic E-state index is -1.03. The van der Waals surface area contributed by atoms with Gasteiger partial charge in [0.25, 0.3) is 5.69 Å². The molecule has 0 atom stereocenters. The van der Waals surface area contributed by atoms with Crippen molar-refractivity contribution in [3.05, 3.63) is 68.7 Å². The van der Waals surface area contributed by atoms with E-state index in [1.165, 1.54) is 36.4 Å². The Hall–Kier alpha value is -2.60. The Labute approximate surface area is 124 Å². The number of nitro groups is 1. The van der Waals surface area contributed by atoms with E-state index < -0.39 is 10.9 Å². The fourth-order valence-corrected chi connectivity index (χ4v) is 1.85. The molecule has 0 aliphatic heterocycles. The Bertz CT molecular complexity index is 684.